The average Bonchev–Trinajstić information content (AvgIpc) is 2.46. The smallest absolute Gasteiger partial charge is 0.108 e. The van der Waals surface area contributed by atoms with Crippen LogP contribution in [0.1, 0.15) is 51.0 Å². The lowest BCUT2D eigenvalue weighted by Gasteiger charge is -2.14. The van der Waals surface area contributed by atoms with Gasteiger partial charge in [0.1, 0.15) is 5.76 Å². The molecule has 1 aromatic rings. The third-order valence-electron chi connectivity index (χ3n) is 3.09. The molecule has 0 fully saturated rings. The highest BCUT2D eigenvalue weighted by molar-refractivity contribution is 5.70. The molecule has 1 nitrogen and oxygen atoms in total. The zero-order valence-corrected chi connectivity index (χ0v) is 10.8. The Kier molecular flexibility index (Phi) is 3.78. The monoisotopic (exact) mass is 206 g/mol. The van der Waals surface area contributed by atoms with Gasteiger partial charge in [-0.2, -0.15) is 0 Å². The Bertz CT molecular complexity index is 347. The van der Waals surface area contributed by atoms with Crippen LogP contribution >= 0.6 is 0 Å². The lowest BCUT2D eigenvalue weighted by molar-refractivity contribution is 0.532. The maximum atomic E-state index is 5.46. The van der Waals surface area contributed by atoms with E-state index in [1.807, 2.05) is 13.2 Å². The van der Waals surface area contributed by atoms with Crippen LogP contribution in [-0.4, -0.2) is 0 Å². The summed E-state index contributed by atoms with van der Waals surface area (Å²) < 4.78 is 5.46. The largest absolute Gasteiger partial charge is 0.469 e. The van der Waals surface area contributed by atoms with E-state index in [0.717, 1.165) is 12.2 Å². The summed E-state index contributed by atoms with van der Waals surface area (Å²) in [5.74, 6) is 1.65. The molecule has 0 bridgehead atoms. The zero-order valence-electron chi connectivity index (χ0n) is 10.8. The molecule has 0 saturated heterocycles. The molecule has 1 heteroatoms. The Morgan fingerprint density at radius 2 is 1.93 bits per heavy atom. The molecular formula is C14H22O. The van der Waals surface area contributed by atoms with Crippen molar-refractivity contribution >= 4 is 5.57 Å². The number of hydrogen-bond acceptors (Lipinski definition) is 1. The quantitative estimate of drug-likeness (QED) is 0.696. The van der Waals surface area contributed by atoms with Crippen molar-refractivity contribution in [1.82, 2.24) is 0 Å². The van der Waals surface area contributed by atoms with Gasteiger partial charge in [0.25, 0.3) is 0 Å². The Labute approximate surface area is 93.2 Å². The molecular weight excluding hydrogens is 184 g/mol. The molecule has 1 heterocycles. The van der Waals surface area contributed by atoms with Crippen molar-refractivity contribution in [3.8, 4) is 0 Å². The summed E-state index contributed by atoms with van der Waals surface area (Å²) in [6, 6.07) is 0. The third-order valence-corrected chi connectivity index (χ3v) is 3.09. The molecule has 0 atom stereocenters. The number of allylic oxidation sites excluding steroid dienone is 2. The van der Waals surface area contributed by atoms with Crippen molar-refractivity contribution in [2.45, 2.75) is 48.0 Å². The second-order valence-electron chi connectivity index (χ2n) is 4.51. The first-order chi connectivity index (χ1) is 6.99. The van der Waals surface area contributed by atoms with Crippen LogP contribution < -0.4 is 0 Å². The van der Waals surface area contributed by atoms with Crippen LogP contribution in [0.25, 0.3) is 5.57 Å². The van der Waals surface area contributed by atoms with Crippen LogP contribution in [0.2, 0.25) is 0 Å². The summed E-state index contributed by atoms with van der Waals surface area (Å²) in [4.78, 5) is 0. The maximum absolute atomic E-state index is 5.46. The van der Waals surface area contributed by atoms with Crippen molar-refractivity contribution in [2.75, 3.05) is 0 Å². The van der Waals surface area contributed by atoms with Crippen molar-refractivity contribution in [2.24, 2.45) is 5.92 Å². The summed E-state index contributed by atoms with van der Waals surface area (Å²) in [6.07, 6.45) is 2.97. The lowest BCUT2D eigenvalue weighted by atomic mass is 9.90. The fraction of sp³-hybridized carbons (Fsp3) is 0.571. The van der Waals surface area contributed by atoms with Crippen LogP contribution in [0.15, 0.2) is 16.3 Å². The fourth-order valence-electron chi connectivity index (χ4n) is 2.40. The van der Waals surface area contributed by atoms with Gasteiger partial charge in [-0.1, -0.05) is 26.3 Å². The second-order valence-corrected chi connectivity index (χ2v) is 4.51. The molecule has 0 unspecified atom stereocenters. The zero-order chi connectivity index (χ0) is 11.6. The highest BCUT2D eigenvalue weighted by Gasteiger charge is 2.13. The fourth-order valence-corrected chi connectivity index (χ4v) is 2.40. The molecule has 15 heavy (non-hydrogen) atoms. The summed E-state index contributed by atoms with van der Waals surface area (Å²) in [7, 11) is 0. The van der Waals surface area contributed by atoms with E-state index < -0.39 is 0 Å². The number of rotatable bonds is 3. The Morgan fingerprint density at radius 1 is 1.33 bits per heavy atom. The van der Waals surface area contributed by atoms with Gasteiger partial charge in [0.15, 0.2) is 0 Å². The summed E-state index contributed by atoms with van der Waals surface area (Å²) in [5.41, 5.74) is 5.48. The lowest BCUT2D eigenvalue weighted by Crippen LogP contribution is -1.97. The highest BCUT2D eigenvalue weighted by atomic mass is 16.3. The molecule has 0 aliphatic carbocycles. The number of furan rings is 1. The standard InChI is InChI=1S/C14H22O/c1-7-13(9(2)3)11(5)14-10(4)8-15-12(14)6/h8-9H,7H2,1-6H3/b13-11-. The predicted octanol–water partition coefficient (Wildman–Crippen LogP) is 4.74. The number of aryl methyl sites for hydroxylation is 2. The van der Waals surface area contributed by atoms with Crippen LogP contribution in [0, 0.1) is 19.8 Å². The molecule has 0 spiro atoms. The van der Waals surface area contributed by atoms with Gasteiger partial charge < -0.3 is 4.42 Å². The van der Waals surface area contributed by atoms with E-state index in [0.29, 0.717) is 5.92 Å². The van der Waals surface area contributed by atoms with Gasteiger partial charge in [0.05, 0.1) is 6.26 Å². The molecule has 0 aliphatic heterocycles. The van der Waals surface area contributed by atoms with Crippen LogP contribution in [0.3, 0.4) is 0 Å². The van der Waals surface area contributed by atoms with E-state index >= 15 is 0 Å². The van der Waals surface area contributed by atoms with Crippen molar-refractivity contribution in [3.63, 3.8) is 0 Å². The molecule has 0 N–H and O–H groups in total. The molecule has 0 amide bonds. The molecule has 84 valence electrons. The van der Waals surface area contributed by atoms with Crippen molar-refractivity contribution in [1.29, 1.82) is 0 Å². The van der Waals surface area contributed by atoms with Gasteiger partial charge >= 0.3 is 0 Å². The minimum Gasteiger partial charge on any atom is -0.469 e. The van der Waals surface area contributed by atoms with Crippen molar-refractivity contribution in [3.05, 3.63) is 28.7 Å². The topological polar surface area (TPSA) is 13.1 Å². The first-order valence-corrected chi connectivity index (χ1v) is 5.73. The van der Waals surface area contributed by atoms with E-state index in [1.165, 1.54) is 22.3 Å². The average molecular weight is 206 g/mol. The Hall–Kier alpha value is -0.980. The van der Waals surface area contributed by atoms with E-state index in [1.54, 1.807) is 0 Å². The minimum absolute atomic E-state index is 0.615. The molecule has 1 rings (SSSR count). The molecule has 0 saturated carbocycles. The maximum Gasteiger partial charge on any atom is 0.108 e. The van der Waals surface area contributed by atoms with E-state index in [9.17, 15) is 0 Å². The first kappa shape index (κ1) is 12.1. The third kappa shape index (κ3) is 2.34. The van der Waals surface area contributed by atoms with Crippen LogP contribution in [0.5, 0.6) is 0 Å². The molecule has 0 aromatic carbocycles. The predicted molar refractivity (Wildman–Crippen MR) is 65.9 cm³/mol. The molecule has 0 radical (unpaired) electrons. The van der Waals surface area contributed by atoms with Crippen LogP contribution in [0.4, 0.5) is 0 Å². The van der Waals surface area contributed by atoms with Gasteiger partial charge in [-0.3, -0.25) is 0 Å². The SMILES string of the molecule is CC/C(=C(\C)c1c(C)coc1C)C(C)C. The minimum atomic E-state index is 0.615. The van der Waals surface area contributed by atoms with Crippen LogP contribution in [-0.2, 0) is 0 Å². The summed E-state index contributed by atoms with van der Waals surface area (Å²) in [6.45, 7) is 13.1. The van der Waals surface area contributed by atoms with Crippen molar-refractivity contribution < 1.29 is 4.42 Å². The highest BCUT2D eigenvalue weighted by Crippen LogP contribution is 2.30. The van der Waals surface area contributed by atoms with Gasteiger partial charge in [0, 0.05) is 5.56 Å². The van der Waals surface area contributed by atoms with Gasteiger partial charge in [-0.15, -0.1) is 0 Å². The van der Waals surface area contributed by atoms with E-state index in [-0.39, 0.29) is 0 Å². The normalized spacial score (nSPS) is 13.3. The van der Waals surface area contributed by atoms with E-state index in [4.69, 9.17) is 4.42 Å². The second kappa shape index (κ2) is 4.69. The number of hydrogen-bond donors (Lipinski definition) is 0. The first-order valence-electron chi connectivity index (χ1n) is 5.73. The summed E-state index contributed by atoms with van der Waals surface area (Å²) in [5, 5.41) is 0. The van der Waals surface area contributed by atoms with Gasteiger partial charge in [0.2, 0.25) is 0 Å². The Morgan fingerprint density at radius 3 is 2.27 bits per heavy atom. The Balaban J connectivity index is 3.28. The summed E-state index contributed by atoms with van der Waals surface area (Å²) >= 11 is 0. The van der Waals surface area contributed by atoms with E-state index in [2.05, 4.69) is 34.6 Å². The van der Waals surface area contributed by atoms with Gasteiger partial charge in [-0.25, -0.2) is 0 Å². The van der Waals surface area contributed by atoms with Gasteiger partial charge in [-0.05, 0) is 44.2 Å². The molecule has 1 aromatic heterocycles. The molecule has 0 aliphatic rings.